The Hall–Kier alpha value is -3.77. The monoisotopic (exact) mass is 599 g/mol. The Balaban J connectivity index is 1.83. The fraction of sp³-hybridized carbons (Fsp3) is 0.222. The first-order valence-corrected chi connectivity index (χ1v) is 13.6. The second kappa shape index (κ2) is 11.8. The van der Waals surface area contributed by atoms with Gasteiger partial charge >= 0.3 is 12.6 Å². The molecule has 0 radical (unpaired) electrons. The minimum absolute atomic E-state index is 0.0339. The van der Waals surface area contributed by atoms with Gasteiger partial charge in [-0.05, 0) is 61.4 Å². The lowest BCUT2D eigenvalue weighted by atomic mass is 10.0. The minimum Gasteiger partial charge on any atom is -0.486 e. The lowest BCUT2D eigenvalue weighted by Crippen LogP contribution is -2.44. The number of carbonyl (C=O) groups is 1. The molecule has 1 heterocycles. The van der Waals surface area contributed by atoms with Crippen LogP contribution < -0.4 is 13.8 Å². The van der Waals surface area contributed by atoms with Gasteiger partial charge in [0.15, 0.2) is 5.82 Å². The Bertz CT molecular complexity index is 1560. The van der Waals surface area contributed by atoms with Crippen molar-refractivity contribution in [1.29, 1.82) is 0 Å². The highest BCUT2D eigenvalue weighted by molar-refractivity contribution is 7.92. The number of aliphatic carboxylic acids is 1. The molecule has 1 atom stereocenters. The van der Waals surface area contributed by atoms with Gasteiger partial charge in [-0.2, -0.15) is 8.78 Å². The number of carboxylic acid groups (broad SMARTS) is 1. The topological polar surface area (TPSA) is 93.1 Å². The highest BCUT2D eigenvalue weighted by Crippen LogP contribution is 2.42. The Morgan fingerprint density at radius 1 is 1.20 bits per heavy atom. The van der Waals surface area contributed by atoms with Crippen molar-refractivity contribution in [1.82, 2.24) is 0 Å². The van der Waals surface area contributed by atoms with Gasteiger partial charge < -0.3 is 14.6 Å². The molecule has 4 rings (SSSR count). The van der Waals surface area contributed by atoms with E-state index in [4.69, 9.17) is 21.4 Å². The normalized spacial score (nSPS) is 15.5. The molecule has 0 spiro atoms. The number of anilines is 1. The Morgan fingerprint density at radius 3 is 2.60 bits per heavy atom. The molecule has 0 aromatic heterocycles. The SMILES string of the molecule is C/C(=C\c1ccc2c(c1F)N(S(=O)(=O)c1cccc(OC(F)F)c1)C[C@H](CCC(=O)O)O2)c1c(F)cccc1Cl. The van der Waals surface area contributed by atoms with Crippen molar-refractivity contribution in [2.75, 3.05) is 10.8 Å². The van der Waals surface area contributed by atoms with E-state index in [1.807, 2.05) is 0 Å². The molecule has 212 valence electrons. The van der Waals surface area contributed by atoms with Crippen LogP contribution >= 0.6 is 11.6 Å². The minimum atomic E-state index is -4.60. The summed E-state index contributed by atoms with van der Waals surface area (Å²) in [5.41, 5.74) is -0.304. The maximum atomic E-state index is 16.0. The fourth-order valence-corrected chi connectivity index (χ4v) is 6.12. The molecule has 3 aromatic rings. The van der Waals surface area contributed by atoms with Gasteiger partial charge in [0.25, 0.3) is 10.0 Å². The Morgan fingerprint density at radius 2 is 1.93 bits per heavy atom. The van der Waals surface area contributed by atoms with E-state index in [0.29, 0.717) is 4.31 Å². The number of halogens is 5. The van der Waals surface area contributed by atoms with Crippen molar-refractivity contribution in [3.05, 3.63) is 82.4 Å². The number of benzene rings is 3. The van der Waals surface area contributed by atoms with Gasteiger partial charge in [-0.25, -0.2) is 17.2 Å². The number of nitrogens with zero attached hydrogens (tertiary/aromatic N) is 1. The number of allylic oxidation sites excluding steroid dienone is 1. The van der Waals surface area contributed by atoms with Crippen molar-refractivity contribution >= 4 is 44.9 Å². The molecular weight excluding hydrogens is 578 g/mol. The second-order valence-electron chi connectivity index (χ2n) is 8.80. The molecular formula is C27H22ClF4NO6S. The third-order valence-electron chi connectivity index (χ3n) is 6.05. The molecule has 1 aliphatic heterocycles. The van der Waals surface area contributed by atoms with E-state index in [-0.39, 0.29) is 40.3 Å². The predicted molar refractivity (Wildman–Crippen MR) is 140 cm³/mol. The van der Waals surface area contributed by atoms with Crippen molar-refractivity contribution in [2.24, 2.45) is 0 Å². The molecule has 0 aliphatic carbocycles. The Kier molecular flexibility index (Phi) is 8.59. The summed E-state index contributed by atoms with van der Waals surface area (Å²) in [6.45, 7) is -2.17. The first-order chi connectivity index (χ1) is 18.9. The molecule has 0 fully saturated rings. The maximum Gasteiger partial charge on any atom is 0.387 e. The summed E-state index contributed by atoms with van der Waals surface area (Å²) in [5, 5.41) is 9.17. The zero-order valence-corrected chi connectivity index (χ0v) is 22.4. The van der Waals surface area contributed by atoms with E-state index in [2.05, 4.69) is 4.74 Å². The van der Waals surface area contributed by atoms with Crippen LogP contribution in [-0.2, 0) is 14.8 Å². The molecule has 7 nitrogen and oxygen atoms in total. The summed E-state index contributed by atoms with van der Waals surface area (Å²) in [4.78, 5) is 10.6. The van der Waals surface area contributed by atoms with Crippen LogP contribution in [-0.4, -0.2) is 38.8 Å². The van der Waals surface area contributed by atoms with Crippen LogP contribution in [0.3, 0.4) is 0 Å². The average molecular weight is 600 g/mol. The molecule has 3 aromatic carbocycles. The molecule has 0 amide bonds. The van der Waals surface area contributed by atoms with Gasteiger partial charge in [0.2, 0.25) is 0 Å². The van der Waals surface area contributed by atoms with Crippen molar-refractivity contribution in [3.63, 3.8) is 0 Å². The zero-order chi connectivity index (χ0) is 29.2. The first kappa shape index (κ1) is 29.2. The number of carboxylic acids is 1. The van der Waals surface area contributed by atoms with Gasteiger partial charge in [0.05, 0.1) is 16.5 Å². The van der Waals surface area contributed by atoms with Crippen LogP contribution in [0.15, 0.2) is 59.5 Å². The molecule has 0 saturated heterocycles. The standard InChI is InChI=1S/C27H22ClF4NO6S/c1-15(24-20(28)6-3-7-21(24)29)12-16-8-10-22-26(25(16)30)33(14-18(38-22)9-11-23(34)35)40(36,37)19-5-2-4-17(13-19)39-27(31)32/h2-8,10,12-13,18,27H,9,11,14H2,1H3,(H,34,35)/b15-12+/t18-/m0/s1. The van der Waals surface area contributed by atoms with E-state index >= 15 is 4.39 Å². The van der Waals surface area contributed by atoms with E-state index in [1.165, 1.54) is 49.4 Å². The van der Waals surface area contributed by atoms with Crippen LogP contribution in [0.2, 0.25) is 5.02 Å². The van der Waals surface area contributed by atoms with Gasteiger partial charge in [0.1, 0.15) is 29.1 Å². The number of hydrogen-bond donors (Lipinski definition) is 1. The van der Waals surface area contributed by atoms with Crippen LogP contribution in [0, 0.1) is 11.6 Å². The maximum absolute atomic E-state index is 16.0. The number of sulfonamides is 1. The van der Waals surface area contributed by atoms with Gasteiger partial charge in [-0.3, -0.25) is 9.10 Å². The Labute approximate surface area is 232 Å². The summed E-state index contributed by atoms with van der Waals surface area (Å²) in [7, 11) is -4.60. The van der Waals surface area contributed by atoms with E-state index in [1.54, 1.807) is 0 Å². The van der Waals surface area contributed by atoms with E-state index < -0.39 is 63.2 Å². The predicted octanol–water partition coefficient (Wildman–Crippen LogP) is 6.60. The number of ether oxygens (including phenoxy) is 2. The van der Waals surface area contributed by atoms with Crippen LogP contribution in [0.5, 0.6) is 11.5 Å². The largest absolute Gasteiger partial charge is 0.486 e. The van der Waals surface area contributed by atoms with E-state index in [9.17, 15) is 26.4 Å². The third-order valence-corrected chi connectivity index (χ3v) is 8.13. The summed E-state index contributed by atoms with van der Waals surface area (Å²) in [6, 6.07) is 11.0. The third kappa shape index (κ3) is 6.18. The van der Waals surface area contributed by atoms with Crippen molar-refractivity contribution < 1.29 is 45.4 Å². The molecule has 1 aliphatic rings. The lowest BCUT2D eigenvalue weighted by molar-refractivity contribution is -0.137. The number of hydrogen-bond acceptors (Lipinski definition) is 5. The summed E-state index contributed by atoms with van der Waals surface area (Å²) in [6.07, 6.45) is -0.113. The smallest absolute Gasteiger partial charge is 0.387 e. The summed E-state index contributed by atoms with van der Waals surface area (Å²) < 4.78 is 94.2. The average Bonchev–Trinajstić information content (AvgIpc) is 2.88. The summed E-state index contributed by atoms with van der Waals surface area (Å²) >= 11 is 6.13. The van der Waals surface area contributed by atoms with Gasteiger partial charge in [-0.1, -0.05) is 23.7 Å². The molecule has 0 unspecified atom stereocenters. The van der Waals surface area contributed by atoms with Gasteiger partial charge in [0, 0.05) is 23.6 Å². The van der Waals surface area contributed by atoms with Crippen molar-refractivity contribution in [3.8, 4) is 11.5 Å². The number of rotatable bonds is 9. The second-order valence-corrected chi connectivity index (χ2v) is 11.1. The van der Waals surface area contributed by atoms with Crippen LogP contribution in [0.4, 0.5) is 23.2 Å². The van der Waals surface area contributed by atoms with Crippen molar-refractivity contribution in [2.45, 2.75) is 37.4 Å². The highest BCUT2D eigenvalue weighted by Gasteiger charge is 2.37. The highest BCUT2D eigenvalue weighted by atomic mass is 35.5. The molecule has 40 heavy (non-hydrogen) atoms. The van der Waals surface area contributed by atoms with Crippen LogP contribution in [0.25, 0.3) is 11.6 Å². The number of fused-ring (bicyclic) bond motifs is 1. The molecule has 0 bridgehead atoms. The van der Waals surface area contributed by atoms with E-state index in [0.717, 1.165) is 18.2 Å². The molecule has 0 saturated carbocycles. The lowest BCUT2D eigenvalue weighted by Gasteiger charge is -2.36. The quantitative estimate of drug-likeness (QED) is 0.220. The zero-order valence-electron chi connectivity index (χ0n) is 20.8. The van der Waals surface area contributed by atoms with Crippen LogP contribution in [0.1, 0.15) is 30.9 Å². The molecule has 13 heteroatoms. The number of alkyl halides is 2. The fourth-order valence-electron chi connectivity index (χ4n) is 4.27. The first-order valence-electron chi connectivity index (χ1n) is 11.8. The molecule has 1 N–H and O–H groups in total. The summed E-state index contributed by atoms with van der Waals surface area (Å²) in [5.74, 6) is -3.42. The van der Waals surface area contributed by atoms with Gasteiger partial charge in [-0.15, -0.1) is 0 Å².